The van der Waals surface area contributed by atoms with Crippen molar-refractivity contribution in [2.24, 2.45) is 0 Å². The van der Waals surface area contributed by atoms with Gasteiger partial charge in [-0.25, -0.2) is 4.98 Å². The number of pyridine rings is 1. The maximum Gasteiger partial charge on any atom is 0.304 e. The zero-order chi connectivity index (χ0) is 13.4. The topological polar surface area (TPSA) is 56.7 Å². The summed E-state index contributed by atoms with van der Waals surface area (Å²) in [6.07, 6.45) is 2.97. The molecule has 0 fully saturated rings. The summed E-state index contributed by atoms with van der Waals surface area (Å²) in [7, 11) is 3.96. The van der Waals surface area contributed by atoms with Crippen molar-refractivity contribution in [1.82, 2.24) is 9.88 Å². The average Bonchev–Trinajstić information content (AvgIpc) is 2.37. The molecular formula is C13H22ClN3O2. The second-order valence-corrected chi connectivity index (χ2v) is 4.41. The van der Waals surface area contributed by atoms with E-state index in [2.05, 4.69) is 9.88 Å². The van der Waals surface area contributed by atoms with Crippen LogP contribution in [0.5, 0.6) is 0 Å². The molecule has 0 aliphatic heterocycles. The van der Waals surface area contributed by atoms with Crippen LogP contribution in [-0.2, 0) is 4.79 Å². The maximum atomic E-state index is 10.4. The molecule has 0 saturated heterocycles. The number of aliphatic carboxylic acids is 1. The summed E-state index contributed by atoms with van der Waals surface area (Å²) in [6.45, 7) is 2.40. The number of carboxylic acids is 1. The Hall–Kier alpha value is -1.33. The van der Waals surface area contributed by atoms with Crippen LogP contribution in [0.2, 0.25) is 0 Å². The van der Waals surface area contributed by atoms with E-state index in [9.17, 15) is 4.79 Å². The fraction of sp³-hybridized carbons (Fsp3) is 0.538. The predicted molar refractivity (Wildman–Crippen MR) is 79.1 cm³/mol. The first-order valence-electron chi connectivity index (χ1n) is 6.12. The van der Waals surface area contributed by atoms with Crippen LogP contribution in [0.3, 0.4) is 0 Å². The summed E-state index contributed by atoms with van der Waals surface area (Å²) in [5.41, 5.74) is 0. The van der Waals surface area contributed by atoms with E-state index in [0.717, 1.165) is 25.3 Å². The van der Waals surface area contributed by atoms with Gasteiger partial charge in [0.1, 0.15) is 5.82 Å². The molecule has 19 heavy (non-hydrogen) atoms. The lowest BCUT2D eigenvalue weighted by Gasteiger charge is -2.20. The molecule has 0 aliphatic rings. The molecule has 0 unspecified atom stereocenters. The van der Waals surface area contributed by atoms with Crippen LogP contribution in [0.25, 0.3) is 0 Å². The van der Waals surface area contributed by atoms with Gasteiger partial charge in [-0.2, -0.15) is 0 Å². The first kappa shape index (κ1) is 17.7. The minimum absolute atomic E-state index is 0. The molecule has 1 aromatic heterocycles. The highest BCUT2D eigenvalue weighted by atomic mass is 35.5. The minimum Gasteiger partial charge on any atom is -0.481 e. The lowest BCUT2D eigenvalue weighted by molar-refractivity contribution is -0.137. The van der Waals surface area contributed by atoms with Crippen LogP contribution >= 0.6 is 12.4 Å². The Kier molecular flexibility index (Phi) is 8.91. The first-order chi connectivity index (χ1) is 8.59. The van der Waals surface area contributed by atoms with E-state index in [0.29, 0.717) is 6.54 Å². The molecule has 1 heterocycles. The highest BCUT2D eigenvalue weighted by molar-refractivity contribution is 5.85. The normalized spacial score (nSPS) is 10.1. The van der Waals surface area contributed by atoms with Crippen molar-refractivity contribution in [3.63, 3.8) is 0 Å². The van der Waals surface area contributed by atoms with Crippen molar-refractivity contribution in [3.8, 4) is 0 Å². The first-order valence-corrected chi connectivity index (χ1v) is 6.12. The number of nitrogens with zero attached hydrogens (tertiary/aromatic N) is 3. The predicted octanol–water partition coefficient (Wildman–Crippen LogP) is 1.74. The Morgan fingerprint density at radius 1 is 1.26 bits per heavy atom. The number of hydrogen-bond acceptors (Lipinski definition) is 4. The quantitative estimate of drug-likeness (QED) is 0.789. The van der Waals surface area contributed by atoms with Crippen LogP contribution in [0.15, 0.2) is 24.4 Å². The molecule has 0 saturated carbocycles. The third-order valence-corrected chi connectivity index (χ3v) is 2.78. The van der Waals surface area contributed by atoms with Crippen molar-refractivity contribution in [2.75, 3.05) is 38.6 Å². The third kappa shape index (κ3) is 7.64. The summed E-state index contributed by atoms with van der Waals surface area (Å²) >= 11 is 0. The van der Waals surface area contributed by atoms with Gasteiger partial charge in [-0.05, 0) is 32.1 Å². The Morgan fingerprint density at radius 2 is 2.00 bits per heavy atom. The number of anilines is 1. The number of carbonyl (C=O) groups is 1. The highest BCUT2D eigenvalue weighted by Gasteiger charge is 2.04. The zero-order valence-corrected chi connectivity index (χ0v) is 12.3. The Balaban J connectivity index is 0.00000324. The number of rotatable bonds is 8. The monoisotopic (exact) mass is 287 g/mol. The van der Waals surface area contributed by atoms with E-state index in [4.69, 9.17) is 5.11 Å². The standard InChI is InChI=1S/C13H21N3O2.ClH/c1-15(11-7-13(17)18)9-5-10-16(2)12-6-3-4-8-14-12;/h3-4,6,8H,5,7,9-11H2,1-2H3,(H,17,18);1H. The molecule has 1 aromatic rings. The van der Waals surface area contributed by atoms with E-state index >= 15 is 0 Å². The van der Waals surface area contributed by atoms with Gasteiger partial charge in [0.25, 0.3) is 0 Å². The molecule has 6 heteroatoms. The van der Waals surface area contributed by atoms with E-state index in [1.54, 1.807) is 6.20 Å². The molecule has 5 nitrogen and oxygen atoms in total. The van der Waals surface area contributed by atoms with Gasteiger partial charge in [0.2, 0.25) is 0 Å². The second kappa shape index (κ2) is 9.58. The lowest BCUT2D eigenvalue weighted by Crippen LogP contribution is -2.27. The summed E-state index contributed by atoms with van der Waals surface area (Å²) in [4.78, 5) is 18.8. The van der Waals surface area contributed by atoms with Gasteiger partial charge in [0.05, 0.1) is 6.42 Å². The number of halogens is 1. The molecule has 0 spiro atoms. The Morgan fingerprint density at radius 3 is 2.58 bits per heavy atom. The van der Waals surface area contributed by atoms with Crippen molar-refractivity contribution in [2.45, 2.75) is 12.8 Å². The fourth-order valence-corrected chi connectivity index (χ4v) is 1.67. The van der Waals surface area contributed by atoms with E-state index in [-0.39, 0.29) is 18.8 Å². The molecule has 0 amide bonds. The smallest absolute Gasteiger partial charge is 0.304 e. The molecule has 0 aliphatic carbocycles. The van der Waals surface area contributed by atoms with Crippen LogP contribution in [-0.4, -0.2) is 54.7 Å². The summed E-state index contributed by atoms with van der Waals surface area (Å²) in [5, 5.41) is 8.58. The van der Waals surface area contributed by atoms with Crippen molar-refractivity contribution >= 4 is 24.2 Å². The average molecular weight is 288 g/mol. The Bertz CT molecular complexity index is 362. The van der Waals surface area contributed by atoms with Crippen LogP contribution in [0, 0.1) is 0 Å². The van der Waals surface area contributed by atoms with Crippen molar-refractivity contribution in [3.05, 3.63) is 24.4 Å². The number of carboxylic acid groups (broad SMARTS) is 1. The molecule has 0 radical (unpaired) electrons. The van der Waals surface area contributed by atoms with Gasteiger partial charge in [0, 0.05) is 26.3 Å². The molecule has 1 rings (SSSR count). The second-order valence-electron chi connectivity index (χ2n) is 4.41. The Labute approximate surface area is 120 Å². The fourth-order valence-electron chi connectivity index (χ4n) is 1.67. The van der Waals surface area contributed by atoms with Gasteiger partial charge in [-0.1, -0.05) is 6.07 Å². The van der Waals surface area contributed by atoms with Crippen LogP contribution < -0.4 is 4.90 Å². The third-order valence-electron chi connectivity index (χ3n) is 2.78. The summed E-state index contributed by atoms with van der Waals surface area (Å²) in [5.74, 6) is 0.221. The van der Waals surface area contributed by atoms with E-state index in [1.807, 2.05) is 37.2 Å². The minimum atomic E-state index is -0.743. The van der Waals surface area contributed by atoms with E-state index < -0.39 is 5.97 Å². The van der Waals surface area contributed by atoms with Gasteiger partial charge in [-0.3, -0.25) is 4.79 Å². The van der Waals surface area contributed by atoms with Crippen molar-refractivity contribution < 1.29 is 9.90 Å². The highest BCUT2D eigenvalue weighted by Crippen LogP contribution is 2.06. The van der Waals surface area contributed by atoms with Gasteiger partial charge in [0.15, 0.2) is 0 Å². The molecule has 0 aromatic carbocycles. The molecule has 0 atom stereocenters. The molecule has 1 N–H and O–H groups in total. The summed E-state index contributed by atoms with van der Waals surface area (Å²) < 4.78 is 0. The molecule has 108 valence electrons. The van der Waals surface area contributed by atoms with Gasteiger partial charge < -0.3 is 14.9 Å². The lowest BCUT2D eigenvalue weighted by atomic mass is 10.3. The molecular weight excluding hydrogens is 266 g/mol. The number of aromatic nitrogens is 1. The van der Waals surface area contributed by atoms with Crippen molar-refractivity contribution in [1.29, 1.82) is 0 Å². The number of hydrogen-bond donors (Lipinski definition) is 1. The van der Waals surface area contributed by atoms with Gasteiger partial charge >= 0.3 is 5.97 Å². The maximum absolute atomic E-state index is 10.4. The van der Waals surface area contributed by atoms with Gasteiger partial charge in [-0.15, -0.1) is 12.4 Å². The van der Waals surface area contributed by atoms with Crippen LogP contribution in [0.4, 0.5) is 5.82 Å². The van der Waals surface area contributed by atoms with E-state index in [1.165, 1.54) is 0 Å². The zero-order valence-electron chi connectivity index (χ0n) is 11.5. The van der Waals surface area contributed by atoms with Crippen LogP contribution in [0.1, 0.15) is 12.8 Å². The largest absolute Gasteiger partial charge is 0.481 e. The SMILES string of the molecule is CN(CCCN(C)c1ccccn1)CCC(=O)O.Cl. The summed E-state index contributed by atoms with van der Waals surface area (Å²) in [6, 6.07) is 5.85. The molecule has 0 bridgehead atoms.